The maximum atomic E-state index is 15.3. The normalized spacial score (nSPS) is 26.5. The Morgan fingerprint density at radius 3 is 2.24 bits per heavy atom. The minimum atomic E-state index is -4.83. The van der Waals surface area contributed by atoms with Gasteiger partial charge >= 0.3 is 6.18 Å². The predicted octanol–water partition coefficient (Wildman–Crippen LogP) is 6.46. The molecule has 4 aromatic rings. The largest absolute Gasteiger partial charge is 0.488 e. The number of hydrogen-bond donors (Lipinski definition) is 2. The molecule has 13 heteroatoms. The quantitative estimate of drug-likeness (QED) is 0.194. The third kappa shape index (κ3) is 5.93. The first kappa shape index (κ1) is 36.1. The van der Waals surface area contributed by atoms with Gasteiger partial charge in [-0.3, -0.25) is 19.3 Å². The van der Waals surface area contributed by atoms with E-state index in [1.165, 1.54) is 6.07 Å². The van der Waals surface area contributed by atoms with Gasteiger partial charge in [0.1, 0.15) is 24.5 Å². The van der Waals surface area contributed by atoms with Crippen molar-refractivity contribution in [2.75, 3.05) is 20.6 Å². The molecule has 0 radical (unpaired) electrons. The lowest BCUT2D eigenvalue weighted by atomic mass is 9.54. The fourth-order valence-corrected chi connectivity index (χ4v) is 9.13. The van der Waals surface area contributed by atoms with Crippen molar-refractivity contribution in [3.8, 4) is 11.6 Å². The van der Waals surface area contributed by atoms with Crippen molar-refractivity contribution in [2.24, 2.45) is 17.8 Å². The molecule has 10 nitrogen and oxygen atoms in total. The second kappa shape index (κ2) is 13.8. The molecule has 0 bridgehead atoms. The van der Waals surface area contributed by atoms with Crippen molar-refractivity contribution in [2.45, 2.75) is 69.2 Å². The van der Waals surface area contributed by atoms with Gasteiger partial charge in [-0.1, -0.05) is 67.1 Å². The Kier molecular flexibility index (Phi) is 9.22. The third-order valence-corrected chi connectivity index (χ3v) is 11.5. The second-order valence-corrected chi connectivity index (χ2v) is 15.0. The van der Waals surface area contributed by atoms with Crippen molar-refractivity contribution < 1.29 is 46.7 Å². The number of nitrogens with zero attached hydrogens (tertiary/aromatic N) is 2. The summed E-state index contributed by atoms with van der Waals surface area (Å²) in [6.45, 7) is 0.518. The molecule has 1 saturated carbocycles. The van der Waals surface area contributed by atoms with Gasteiger partial charge in [0, 0.05) is 12.0 Å². The first-order valence-corrected chi connectivity index (χ1v) is 18.2. The number of carbonyl (C=O) groups is 3. The molecule has 3 aromatic carbocycles. The van der Waals surface area contributed by atoms with Crippen LogP contribution in [0.25, 0.3) is 0 Å². The molecule has 6 atom stereocenters. The van der Waals surface area contributed by atoms with Gasteiger partial charge in [0.2, 0.25) is 5.78 Å². The molecule has 1 aromatic heterocycles. The van der Waals surface area contributed by atoms with E-state index in [0.717, 1.165) is 24.0 Å². The summed E-state index contributed by atoms with van der Waals surface area (Å²) in [6.07, 6.45) is -3.21. The van der Waals surface area contributed by atoms with Gasteiger partial charge in [-0.15, -0.1) is 0 Å². The molecule has 8 rings (SSSR count). The van der Waals surface area contributed by atoms with Crippen LogP contribution in [-0.4, -0.2) is 58.8 Å². The van der Waals surface area contributed by atoms with Crippen molar-refractivity contribution in [1.82, 2.24) is 15.4 Å². The molecule has 1 saturated heterocycles. The first-order valence-electron chi connectivity index (χ1n) is 18.2. The number of Topliss-reactive ketones (excluding diaryl/α,β-unsaturated/α-hetero) is 3. The number of ether oxygens (including phenoxy) is 2. The number of aromatic nitrogens is 1. The Morgan fingerprint density at radius 2 is 1.63 bits per heavy atom. The Morgan fingerprint density at radius 1 is 0.963 bits per heavy atom. The van der Waals surface area contributed by atoms with Crippen LogP contribution in [0.2, 0.25) is 0 Å². The fraction of sp³-hybridized carbons (Fsp3) is 0.415. The standard InChI is InChI=1S/C41H40F3N3O7/c1-47(2)34-27-18-24-17-26-31(29(52-20-22-11-5-3-6-12-22)19-25(33(26)41(42,43)44)28-15-9-10-16-45-28)35(48)30(24)37(49)40(27,51)38(50)32-36(34)54-46-39(32)53-21-23-13-7-4-8-14-23/h3-8,11-14,19,24,27-28,30,34,45,51H,9-10,15-18,20-21H2,1-2H3. The number of benzene rings is 3. The van der Waals surface area contributed by atoms with Crippen LogP contribution < -0.4 is 14.8 Å². The van der Waals surface area contributed by atoms with Gasteiger partial charge in [-0.2, -0.15) is 13.2 Å². The lowest BCUT2D eigenvalue weighted by Gasteiger charge is -2.51. The summed E-state index contributed by atoms with van der Waals surface area (Å²) in [7, 11) is 3.36. The van der Waals surface area contributed by atoms with E-state index < -0.39 is 64.5 Å². The lowest BCUT2D eigenvalue weighted by Crippen LogP contribution is -2.66. The molecule has 6 unspecified atom stereocenters. The summed E-state index contributed by atoms with van der Waals surface area (Å²) >= 11 is 0. The molecule has 1 aliphatic heterocycles. The number of aliphatic hydroxyl groups is 1. The van der Waals surface area contributed by atoms with E-state index in [1.54, 1.807) is 43.3 Å². The second-order valence-electron chi connectivity index (χ2n) is 15.0. The minimum absolute atomic E-state index is 0.00208. The van der Waals surface area contributed by atoms with Crippen molar-refractivity contribution in [3.05, 3.63) is 111 Å². The highest BCUT2D eigenvalue weighted by atomic mass is 19.4. The van der Waals surface area contributed by atoms with E-state index in [9.17, 15) is 19.5 Å². The molecule has 2 heterocycles. The summed E-state index contributed by atoms with van der Waals surface area (Å²) in [5.74, 6) is -6.86. The number of fused-ring (bicyclic) bond motifs is 4. The number of nitrogens with one attached hydrogen (secondary N) is 1. The Bertz CT molecular complexity index is 2100. The molecule has 3 aliphatic carbocycles. The number of hydrogen-bond acceptors (Lipinski definition) is 10. The lowest BCUT2D eigenvalue weighted by molar-refractivity contribution is -0.154. The van der Waals surface area contributed by atoms with Gasteiger partial charge in [0.05, 0.1) is 23.1 Å². The van der Waals surface area contributed by atoms with Crippen LogP contribution in [0.4, 0.5) is 13.2 Å². The molecule has 2 fully saturated rings. The van der Waals surface area contributed by atoms with E-state index in [0.29, 0.717) is 13.0 Å². The summed E-state index contributed by atoms with van der Waals surface area (Å²) in [5, 5.41) is 19.7. The van der Waals surface area contributed by atoms with Crippen LogP contribution in [0.1, 0.15) is 92.1 Å². The molecular formula is C41H40F3N3O7. The van der Waals surface area contributed by atoms with Crippen LogP contribution in [0.3, 0.4) is 0 Å². The van der Waals surface area contributed by atoms with Gasteiger partial charge in [0.15, 0.2) is 22.9 Å². The van der Waals surface area contributed by atoms with Crippen LogP contribution in [0.15, 0.2) is 71.3 Å². The zero-order valence-corrected chi connectivity index (χ0v) is 29.8. The molecule has 0 spiro atoms. The minimum Gasteiger partial charge on any atom is -0.488 e. The number of piperidine rings is 1. The monoisotopic (exact) mass is 743 g/mol. The van der Waals surface area contributed by atoms with Crippen LogP contribution in [0, 0.1) is 17.8 Å². The van der Waals surface area contributed by atoms with Gasteiger partial charge < -0.3 is 24.4 Å². The van der Waals surface area contributed by atoms with E-state index in [-0.39, 0.29) is 65.7 Å². The van der Waals surface area contributed by atoms with Gasteiger partial charge in [-0.25, -0.2) is 0 Å². The third-order valence-electron chi connectivity index (χ3n) is 11.5. The molecule has 282 valence electrons. The smallest absolute Gasteiger partial charge is 0.417 e. The Labute approximate surface area is 309 Å². The van der Waals surface area contributed by atoms with E-state index in [1.807, 2.05) is 36.4 Å². The van der Waals surface area contributed by atoms with Crippen LogP contribution in [0.5, 0.6) is 11.6 Å². The predicted molar refractivity (Wildman–Crippen MR) is 188 cm³/mol. The van der Waals surface area contributed by atoms with Crippen molar-refractivity contribution >= 4 is 17.3 Å². The van der Waals surface area contributed by atoms with Crippen LogP contribution >= 0.6 is 0 Å². The van der Waals surface area contributed by atoms with E-state index in [4.69, 9.17) is 14.0 Å². The molecular weight excluding hydrogens is 703 g/mol. The number of carbonyl (C=O) groups excluding carboxylic acids is 3. The average Bonchev–Trinajstić information content (AvgIpc) is 3.58. The van der Waals surface area contributed by atoms with E-state index in [2.05, 4.69) is 10.5 Å². The van der Waals surface area contributed by atoms with Gasteiger partial charge in [0.25, 0.3) is 5.88 Å². The average molecular weight is 744 g/mol. The fourth-order valence-electron chi connectivity index (χ4n) is 9.13. The Balaban J connectivity index is 1.23. The summed E-state index contributed by atoms with van der Waals surface area (Å²) in [6, 6.07) is 17.9. The summed E-state index contributed by atoms with van der Waals surface area (Å²) < 4.78 is 63.7. The zero-order chi connectivity index (χ0) is 37.9. The number of halogens is 3. The number of alkyl halides is 3. The highest BCUT2D eigenvalue weighted by Gasteiger charge is 2.67. The number of ketones is 3. The highest BCUT2D eigenvalue weighted by molar-refractivity contribution is 6.27. The molecule has 0 amide bonds. The summed E-state index contributed by atoms with van der Waals surface area (Å²) in [4.78, 5) is 45.6. The number of rotatable bonds is 8. The van der Waals surface area contributed by atoms with E-state index >= 15 is 13.2 Å². The van der Waals surface area contributed by atoms with Crippen molar-refractivity contribution in [3.63, 3.8) is 0 Å². The maximum absolute atomic E-state index is 15.3. The molecule has 2 N–H and O–H groups in total. The van der Waals surface area contributed by atoms with Crippen molar-refractivity contribution in [1.29, 1.82) is 0 Å². The summed E-state index contributed by atoms with van der Waals surface area (Å²) in [5.41, 5.74) is -2.86. The van der Waals surface area contributed by atoms with Crippen LogP contribution in [-0.2, 0) is 30.6 Å². The highest BCUT2D eigenvalue weighted by Crippen LogP contribution is 2.57. The molecule has 4 aliphatic rings. The topological polar surface area (TPSA) is 131 Å². The maximum Gasteiger partial charge on any atom is 0.417 e. The zero-order valence-electron chi connectivity index (χ0n) is 29.8. The SMILES string of the molecule is CN(C)C1c2onc(OCc3ccccc3)c2C(=O)C2(O)C(=O)C3C(=O)c4c(OCc5ccccc5)cc(C5CCCCN5)c(C(F)(F)F)c4CC3CC12. The molecule has 54 heavy (non-hydrogen) atoms. The Hall–Kier alpha value is -4.85. The first-order chi connectivity index (χ1) is 25.9. The van der Waals surface area contributed by atoms with Gasteiger partial charge in [-0.05, 0) is 85.7 Å².